The van der Waals surface area contributed by atoms with Crippen LogP contribution in [0.3, 0.4) is 0 Å². The average molecular weight is 637 g/mol. The van der Waals surface area contributed by atoms with Crippen molar-refractivity contribution in [3.63, 3.8) is 0 Å². The van der Waals surface area contributed by atoms with E-state index in [0.29, 0.717) is 38.3 Å². The van der Waals surface area contributed by atoms with Crippen molar-refractivity contribution in [2.45, 2.75) is 46.6 Å². The maximum Gasteiger partial charge on any atom is 0.347 e. The highest BCUT2D eigenvalue weighted by molar-refractivity contribution is 9.10. The van der Waals surface area contributed by atoms with Crippen LogP contribution in [-0.4, -0.2) is 48.8 Å². The van der Waals surface area contributed by atoms with Gasteiger partial charge in [-0.25, -0.2) is 9.78 Å². The van der Waals surface area contributed by atoms with Crippen LogP contribution in [0.25, 0.3) is 22.3 Å². The molecule has 4 aromatic rings. The maximum atomic E-state index is 13.8. The number of para-hydroxylation sites is 1. The van der Waals surface area contributed by atoms with Crippen molar-refractivity contribution in [1.29, 1.82) is 0 Å². The van der Waals surface area contributed by atoms with Gasteiger partial charge in [0.25, 0.3) is 5.56 Å². The zero-order valence-corrected chi connectivity index (χ0v) is 26.3. The molecule has 0 saturated heterocycles. The molecule has 1 aromatic heterocycles. The largest absolute Gasteiger partial charge is 0.496 e. The second-order valence-electron chi connectivity index (χ2n) is 9.92. The molecule has 0 spiro atoms. The quantitative estimate of drug-likeness (QED) is 0.145. The molecule has 0 unspecified atom stereocenters. The first-order valence-corrected chi connectivity index (χ1v) is 14.3. The number of hydrogen-bond donors (Lipinski definition) is 0. The lowest BCUT2D eigenvalue weighted by Gasteiger charge is -2.18. The number of fused-ring (bicyclic) bond motifs is 1. The highest BCUT2D eigenvalue weighted by Gasteiger charge is 2.21. The van der Waals surface area contributed by atoms with Crippen molar-refractivity contribution in [2.24, 2.45) is 5.10 Å². The van der Waals surface area contributed by atoms with Gasteiger partial charge in [-0.1, -0.05) is 26.0 Å². The number of nitrogens with zero attached hydrogens (tertiary/aromatic N) is 3. The number of halogens is 1. The highest BCUT2D eigenvalue weighted by atomic mass is 79.9. The fraction of sp³-hybridized carbons (Fsp3) is 0.312. The number of esters is 1. The molecular weight excluding hydrogens is 602 g/mol. The third-order valence-corrected chi connectivity index (χ3v) is 7.27. The molecule has 0 aliphatic heterocycles. The lowest BCUT2D eigenvalue weighted by atomic mass is 9.96. The van der Waals surface area contributed by atoms with Crippen LogP contribution in [0, 0.1) is 6.92 Å². The summed E-state index contributed by atoms with van der Waals surface area (Å²) in [5.41, 5.74) is 3.56. The van der Waals surface area contributed by atoms with Crippen LogP contribution in [0.15, 0.2) is 62.9 Å². The molecule has 0 bridgehead atoms. The van der Waals surface area contributed by atoms with Crippen LogP contribution in [0.4, 0.5) is 0 Å². The van der Waals surface area contributed by atoms with Gasteiger partial charge in [0.1, 0.15) is 5.75 Å². The number of aromatic nitrogens is 2. The SMILES string of the molecule is CCOC(=O)[C@@H](C)Oc1c(Br)cc(C=Nn2c(-c3cc(C(C)C)c(OC)cc3C)nc3ccccc3c2=O)cc1OC. The summed E-state index contributed by atoms with van der Waals surface area (Å²) in [6, 6.07) is 14.6. The van der Waals surface area contributed by atoms with Crippen LogP contribution >= 0.6 is 15.9 Å². The van der Waals surface area contributed by atoms with Crippen LogP contribution in [0.5, 0.6) is 17.2 Å². The third kappa shape index (κ3) is 6.33. The molecular formula is C32H34BrN3O6. The van der Waals surface area contributed by atoms with Gasteiger partial charge in [-0.15, -0.1) is 0 Å². The van der Waals surface area contributed by atoms with Gasteiger partial charge in [-0.05, 0) is 95.7 Å². The first kappa shape index (κ1) is 30.8. The Morgan fingerprint density at radius 2 is 1.79 bits per heavy atom. The molecule has 220 valence electrons. The van der Waals surface area contributed by atoms with E-state index in [1.165, 1.54) is 11.8 Å². The number of hydrogen-bond acceptors (Lipinski definition) is 8. The van der Waals surface area contributed by atoms with E-state index in [0.717, 1.165) is 22.4 Å². The molecule has 1 heterocycles. The fourth-order valence-electron chi connectivity index (χ4n) is 4.51. The Bertz CT molecular complexity index is 1710. The summed E-state index contributed by atoms with van der Waals surface area (Å²) in [7, 11) is 3.15. The van der Waals surface area contributed by atoms with E-state index in [2.05, 4.69) is 34.9 Å². The van der Waals surface area contributed by atoms with E-state index >= 15 is 0 Å². The smallest absolute Gasteiger partial charge is 0.347 e. The lowest BCUT2D eigenvalue weighted by molar-refractivity contribution is -0.150. The summed E-state index contributed by atoms with van der Waals surface area (Å²) in [6.07, 6.45) is 0.706. The standard InChI is InChI=1S/C32H34BrN3O6/c1-8-41-32(38)20(5)42-29-25(33)14-21(15-28(29)40-7)17-34-36-30(35-26-12-10-9-11-22(26)31(36)37)24-16-23(18(2)3)27(39-6)13-19(24)4/h9-18,20H,8H2,1-7H3/t20-/m1/s1. The maximum absolute atomic E-state index is 13.8. The number of rotatable bonds is 10. The lowest BCUT2D eigenvalue weighted by Crippen LogP contribution is -2.26. The molecule has 1 atom stereocenters. The molecule has 10 heteroatoms. The van der Waals surface area contributed by atoms with Crippen LogP contribution < -0.4 is 19.8 Å². The number of benzene rings is 3. The molecule has 0 radical (unpaired) electrons. The highest BCUT2D eigenvalue weighted by Crippen LogP contribution is 2.37. The molecule has 0 saturated carbocycles. The second kappa shape index (κ2) is 13.2. The van der Waals surface area contributed by atoms with Crippen LogP contribution in [-0.2, 0) is 9.53 Å². The molecule has 0 N–H and O–H groups in total. The van der Waals surface area contributed by atoms with Gasteiger partial charge in [0.05, 0.1) is 42.4 Å². The molecule has 42 heavy (non-hydrogen) atoms. The molecule has 9 nitrogen and oxygen atoms in total. The Morgan fingerprint density at radius 1 is 1.07 bits per heavy atom. The van der Waals surface area contributed by atoms with Crippen molar-refractivity contribution in [3.8, 4) is 28.6 Å². The van der Waals surface area contributed by atoms with Crippen molar-refractivity contribution < 1.29 is 23.7 Å². The predicted molar refractivity (Wildman–Crippen MR) is 167 cm³/mol. The predicted octanol–water partition coefficient (Wildman–Crippen LogP) is 6.49. The number of carbonyl (C=O) groups is 1. The van der Waals surface area contributed by atoms with Gasteiger partial charge >= 0.3 is 5.97 Å². The third-order valence-electron chi connectivity index (χ3n) is 6.68. The zero-order chi connectivity index (χ0) is 30.6. The van der Waals surface area contributed by atoms with Crippen molar-refractivity contribution >= 4 is 39.0 Å². The summed E-state index contributed by atoms with van der Waals surface area (Å²) < 4.78 is 23.9. The minimum absolute atomic E-state index is 0.181. The van der Waals surface area contributed by atoms with Gasteiger partial charge < -0.3 is 18.9 Å². The Labute approximate surface area is 253 Å². The Morgan fingerprint density at radius 3 is 2.45 bits per heavy atom. The van der Waals surface area contributed by atoms with E-state index in [1.54, 1.807) is 51.4 Å². The molecule has 3 aromatic carbocycles. The van der Waals surface area contributed by atoms with Crippen molar-refractivity contribution in [1.82, 2.24) is 9.66 Å². The summed E-state index contributed by atoms with van der Waals surface area (Å²) in [5.74, 6) is 1.60. The number of carbonyl (C=O) groups excluding carboxylic acids is 1. The van der Waals surface area contributed by atoms with Crippen molar-refractivity contribution in [2.75, 3.05) is 20.8 Å². The van der Waals surface area contributed by atoms with Crippen LogP contribution in [0.2, 0.25) is 0 Å². The van der Waals surface area contributed by atoms with E-state index < -0.39 is 12.1 Å². The first-order valence-electron chi connectivity index (χ1n) is 13.5. The number of methoxy groups -OCH3 is 2. The van der Waals surface area contributed by atoms with Gasteiger partial charge in [-0.2, -0.15) is 9.78 Å². The van der Waals surface area contributed by atoms with Crippen LogP contribution in [0.1, 0.15) is 50.3 Å². The summed E-state index contributed by atoms with van der Waals surface area (Å²) in [4.78, 5) is 30.7. The Balaban J connectivity index is 1.85. The Kier molecular flexibility index (Phi) is 9.67. The average Bonchev–Trinajstić information content (AvgIpc) is 2.97. The Hall–Kier alpha value is -4.18. The van der Waals surface area contributed by atoms with Crippen molar-refractivity contribution in [3.05, 3.63) is 80.0 Å². The van der Waals surface area contributed by atoms with E-state index in [1.807, 2.05) is 31.2 Å². The summed E-state index contributed by atoms with van der Waals surface area (Å²) >= 11 is 3.51. The van der Waals surface area contributed by atoms with Gasteiger partial charge in [0, 0.05) is 5.56 Å². The molecule has 4 rings (SSSR count). The molecule has 0 aliphatic rings. The summed E-state index contributed by atoms with van der Waals surface area (Å²) in [6.45, 7) is 9.71. The first-order chi connectivity index (χ1) is 20.1. The zero-order valence-electron chi connectivity index (χ0n) is 24.7. The molecule has 0 amide bonds. The van der Waals surface area contributed by atoms with E-state index in [9.17, 15) is 9.59 Å². The number of aryl methyl sites for hydroxylation is 1. The molecule has 0 aliphatic carbocycles. The fourth-order valence-corrected chi connectivity index (χ4v) is 5.06. The van der Waals surface area contributed by atoms with Gasteiger partial charge in [0.2, 0.25) is 0 Å². The normalized spacial score (nSPS) is 12.1. The summed E-state index contributed by atoms with van der Waals surface area (Å²) in [5, 5.41) is 5.06. The van der Waals surface area contributed by atoms with E-state index in [4.69, 9.17) is 23.9 Å². The van der Waals surface area contributed by atoms with Gasteiger partial charge in [0.15, 0.2) is 23.4 Å². The monoisotopic (exact) mass is 635 g/mol. The topological polar surface area (TPSA) is 101 Å². The molecule has 0 fully saturated rings. The minimum Gasteiger partial charge on any atom is -0.496 e. The second-order valence-corrected chi connectivity index (χ2v) is 10.8. The van der Waals surface area contributed by atoms with E-state index in [-0.39, 0.29) is 18.1 Å². The van der Waals surface area contributed by atoms with Gasteiger partial charge in [-0.3, -0.25) is 4.79 Å². The number of ether oxygens (including phenoxy) is 4. The minimum atomic E-state index is -0.844.